The van der Waals surface area contributed by atoms with E-state index in [1.807, 2.05) is 11.7 Å². The zero-order valence-corrected chi connectivity index (χ0v) is 9.80. The average molecular weight is 216 g/mol. The summed E-state index contributed by atoms with van der Waals surface area (Å²) in [6, 6.07) is 0.382. The fraction of sp³-hybridized carbons (Fsp3) is 0.700. The lowest BCUT2D eigenvalue weighted by Crippen LogP contribution is -2.12. The van der Waals surface area contributed by atoms with E-state index in [2.05, 4.69) is 24.3 Å². The molecule has 1 aromatic rings. The van der Waals surface area contributed by atoms with Gasteiger partial charge in [0.1, 0.15) is 0 Å². The van der Waals surface area contributed by atoms with Gasteiger partial charge in [-0.1, -0.05) is 11.6 Å². The number of halogens is 1. The molecule has 0 fully saturated rings. The van der Waals surface area contributed by atoms with Crippen LogP contribution >= 0.6 is 11.6 Å². The van der Waals surface area contributed by atoms with E-state index in [4.69, 9.17) is 11.6 Å². The molecule has 0 radical (unpaired) electrons. The normalized spacial score (nSPS) is 11.2. The van der Waals surface area contributed by atoms with Crippen molar-refractivity contribution in [3.63, 3.8) is 0 Å². The number of nitrogens with one attached hydrogen (secondary N) is 1. The van der Waals surface area contributed by atoms with E-state index < -0.39 is 0 Å². The highest BCUT2D eigenvalue weighted by Gasteiger charge is 2.10. The predicted octanol–water partition coefficient (Wildman–Crippen LogP) is 2.27. The maximum Gasteiger partial charge on any atom is 0.0817 e. The first-order chi connectivity index (χ1) is 6.66. The second-order valence-corrected chi connectivity index (χ2v) is 4.09. The Kier molecular flexibility index (Phi) is 4.42. The van der Waals surface area contributed by atoms with E-state index in [0.29, 0.717) is 6.04 Å². The van der Waals surface area contributed by atoms with Crippen molar-refractivity contribution < 1.29 is 0 Å². The lowest BCUT2D eigenvalue weighted by Gasteiger charge is -2.11. The molecule has 14 heavy (non-hydrogen) atoms. The zero-order valence-electron chi connectivity index (χ0n) is 9.05. The van der Waals surface area contributed by atoms with Gasteiger partial charge in [0.05, 0.1) is 16.9 Å². The van der Waals surface area contributed by atoms with Gasteiger partial charge in [-0.2, -0.15) is 5.10 Å². The molecular weight excluding hydrogens is 198 g/mol. The topological polar surface area (TPSA) is 29.9 Å². The molecule has 0 saturated carbocycles. The van der Waals surface area contributed by atoms with Crippen LogP contribution in [0.25, 0.3) is 0 Å². The molecule has 3 nitrogen and oxygen atoms in total. The Bertz CT molecular complexity index is 281. The van der Waals surface area contributed by atoms with Crippen LogP contribution < -0.4 is 5.32 Å². The van der Waals surface area contributed by atoms with Crippen molar-refractivity contribution in [3.8, 4) is 0 Å². The molecule has 0 aliphatic heterocycles. The van der Waals surface area contributed by atoms with Crippen molar-refractivity contribution >= 4 is 11.6 Å². The number of hydrogen-bond donors (Lipinski definition) is 1. The van der Waals surface area contributed by atoms with E-state index in [9.17, 15) is 0 Å². The molecule has 0 aromatic carbocycles. The SMILES string of the molecule is CNCCCc1c(Cl)cnn1C(C)C. The molecule has 0 unspecified atom stereocenters. The van der Waals surface area contributed by atoms with Crippen LogP contribution in [-0.2, 0) is 6.42 Å². The van der Waals surface area contributed by atoms with Gasteiger partial charge in [-0.05, 0) is 40.3 Å². The molecule has 1 heterocycles. The van der Waals surface area contributed by atoms with E-state index in [-0.39, 0.29) is 0 Å². The minimum absolute atomic E-state index is 0.382. The Morgan fingerprint density at radius 1 is 1.57 bits per heavy atom. The van der Waals surface area contributed by atoms with E-state index in [0.717, 1.165) is 30.1 Å². The number of hydrogen-bond acceptors (Lipinski definition) is 2. The molecule has 0 aliphatic rings. The third kappa shape index (κ3) is 2.72. The van der Waals surface area contributed by atoms with E-state index in [1.54, 1.807) is 6.20 Å². The molecule has 80 valence electrons. The first-order valence-electron chi connectivity index (χ1n) is 5.03. The summed E-state index contributed by atoms with van der Waals surface area (Å²) < 4.78 is 2.00. The Labute approximate surface area is 90.4 Å². The molecule has 1 aromatic heterocycles. The molecule has 0 amide bonds. The fourth-order valence-corrected chi connectivity index (χ4v) is 1.70. The van der Waals surface area contributed by atoms with Crippen LogP contribution in [-0.4, -0.2) is 23.4 Å². The maximum atomic E-state index is 6.06. The molecular formula is C10H18ClN3. The third-order valence-electron chi connectivity index (χ3n) is 2.18. The lowest BCUT2D eigenvalue weighted by molar-refractivity contribution is 0.504. The minimum Gasteiger partial charge on any atom is -0.320 e. The van der Waals surface area contributed by atoms with Gasteiger partial charge < -0.3 is 5.32 Å². The summed E-state index contributed by atoms with van der Waals surface area (Å²) in [4.78, 5) is 0. The van der Waals surface area contributed by atoms with Crippen LogP contribution in [0.5, 0.6) is 0 Å². The van der Waals surface area contributed by atoms with Crippen molar-refractivity contribution in [1.29, 1.82) is 0 Å². The summed E-state index contributed by atoms with van der Waals surface area (Å²) in [6.45, 7) is 5.25. The van der Waals surface area contributed by atoms with E-state index >= 15 is 0 Å². The van der Waals surface area contributed by atoms with Crippen molar-refractivity contribution in [2.24, 2.45) is 0 Å². The average Bonchev–Trinajstić information content (AvgIpc) is 2.48. The largest absolute Gasteiger partial charge is 0.320 e. The predicted molar refractivity (Wildman–Crippen MR) is 59.9 cm³/mol. The Balaban J connectivity index is 2.67. The Hall–Kier alpha value is -0.540. The van der Waals surface area contributed by atoms with Crippen LogP contribution in [0.2, 0.25) is 5.02 Å². The molecule has 0 aliphatic carbocycles. The highest BCUT2D eigenvalue weighted by Crippen LogP contribution is 2.19. The number of rotatable bonds is 5. The van der Waals surface area contributed by atoms with Gasteiger partial charge in [0.2, 0.25) is 0 Å². The van der Waals surface area contributed by atoms with E-state index in [1.165, 1.54) is 0 Å². The zero-order chi connectivity index (χ0) is 10.6. The monoisotopic (exact) mass is 215 g/mol. The van der Waals surface area contributed by atoms with Crippen LogP contribution in [0.15, 0.2) is 6.20 Å². The van der Waals surface area contributed by atoms with Gasteiger partial charge in [-0.3, -0.25) is 4.68 Å². The highest BCUT2D eigenvalue weighted by molar-refractivity contribution is 6.31. The second kappa shape index (κ2) is 5.37. The van der Waals surface area contributed by atoms with Crippen molar-refractivity contribution in [2.75, 3.05) is 13.6 Å². The van der Waals surface area contributed by atoms with Crippen LogP contribution in [0.1, 0.15) is 32.0 Å². The lowest BCUT2D eigenvalue weighted by atomic mass is 10.2. The highest BCUT2D eigenvalue weighted by atomic mass is 35.5. The van der Waals surface area contributed by atoms with Crippen LogP contribution in [0.4, 0.5) is 0 Å². The summed E-state index contributed by atoms with van der Waals surface area (Å²) in [6.07, 6.45) is 3.81. The minimum atomic E-state index is 0.382. The first kappa shape index (κ1) is 11.5. The summed E-state index contributed by atoms with van der Waals surface area (Å²) >= 11 is 6.06. The Morgan fingerprint density at radius 3 is 2.86 bits per heavy atom. The summed E-state index contributed by atoms with van der Waals surface area (Å²) in [5.41, 5.74) is 1.15. The molecule has 4 heteroatoms. The molecule has 0 atom stereocenters. The molecule has 1 rings (SSSR count). The molecule has 0 saturated heterocycles. The summed E-state index contributed by atoms with van der Waals surface area (Å²) in [7, 11) is 1.96. The summed E-state index contributed by atoms with van der Waals surface area (Å²) in [5, 5.41) is 8.17. The number of nitrogens with zero attached hydrogens (tertiary/aromatic N) is 2. The van der Waals surface area contributed by atoms with Gasteiger partial charge in [-0.15, -0.1) is 0 Å². The van der Waals surface area contributed by atoms with Gasteiger partial charge in [0.15, 0.2) is 0 Å². The molecule has 1 N–H and O–H groups in total. The first-order valence-corrected chi connectivity index (χ1v) is 5.41. The quantitative estimate of drug-likeness (QED) is 0.764. The van der Waals surface area contributed by atoms with Crippen LogP contribution in [0.3, 0.4) is 0 Å². The van der Waals surface area contributed by atoms with Gasteiger partial charge >= 0.3 is 0 Å². The Morgan fingerprint density at radius 2 is 2.29 bits per heavy atom. The number of aromatic nitrogens is 2. The molecule has 0 bridgehead atoms. The third-order valence-corrected chi connectivity index (χ3v) is 2.49. The van der Waals surface area contributed by atoms with Crippen molar-refractivity contribution in [3.05, 3.63) is 16.9 Å². The van der Waals surface area contributed by atoms with Gasteiger partial charge in [-0.25, -0.2) is 0 Å². The van der Waals surface area contributed by atoms with Crippen LogP contribution in [0, 0.1) is 0 Å². The standard InChI is InChI=1S/C10H18ClN3/c1-8(2)14-10(5-4-6-12-3)9(11)7-13-14/h7-8,12H,4-6H2,1-3H3. The second-order valence-electron chi connectivity index (χ2n) is 3.68. The van der Waals surface area contributed by atoms with Gasteiger partial charge in [0.25, 0.3) is 0 Å². The molecule has 0 spiro atoms. The fourth-order valence-electron chi connectivity index (χ4n) is 1.48. The smallest absolute Gasteiger partial charge is 0.0817 e. The summed E-state index contributed by atoms with van der Waals surface area (Å²) in [5.74, 6) is 0. The maximum absolute atomic E-state index is 6.06. The van der Waals surface area contributed by atoms with Gasteiger partial charge in [0, 0.05) is 6.04 Å². The van der Waals surface area contributed by atoms with Crippen molar-refractivity contribution in [1.82, 2.24) is 15.1 Å². The van der Waals surface area contributed by atoms with Crippen molar-refractivity contribution in [2.45, 2.75) is 32.7 Å².